The van der Waals surface area contributed by atoms with Crippen LogP contribution in [-0.4, -0.2) is 34.2 Å². The first kappa shape index (κ1) is 21.3. The molecule has 0 saturated carbocycles. The number of alkyl halides is 3. The zero-order chi connectivity index (χ0) is 21.3. The second-order valence-electron chi connectivity index (χ2n) is 6.98. The third kappa shape index (κ3) is 4.68. The molecule has 4 nitrogen and oxygen atoms in total. The fourth-order valence-electron chi connectivity index (χ4n) is 3.56. The van der Waals surface area contributed by atoms with Crippen molar-refractivity contribution < 1.29 is 22.5 Å². The van der Waals surface area contributed by atoms with Crippen molar-refractivity contribution in [3.05, 3.63) is 59.2 Å². The standard InChI is InChI=1S/C21H18BrF3N2O2S/c22-14-1-6-19-18(13-14)20(7-10-26-19)27-11-8-16(9-12-27)29-15-2-4-17(5-3-15)30(28)21(23,24)25/h1-7,10,13,16H,8-9,11-12H2/t30-/m0/s1. The SMILES string of the molecule is [O-][S@@+](c1ccc(OC2CCN(c3ccnc4ccc(Br)cc34)CC2)cc1)C(F)(F)F. The summed E-state index contributed by atoms with van der Waals surface area (Å²) in [5.74, 6) is 0.481. The van der Waals surface area contributed by atoms with Gasteiger partial charge in [-0.05, 0) is 48.5 Å². The van der Waals surface area contributed by atoms with Crippen LogP contribution in [0.25, 0.3) is 10.9 Å². The van der Waals surface area contributed by atoms with Gasteiger partial charge in [-0.3, -0.25) is 4.98 Å². The third-order valence-corrected chi connectivity index (χ3v) is 6.63. The molecule has 0 spiro atoms. The predicted molar refractivity (Wildman–Crippen MR) is 114 cm³/mol. The van der Waals surface area contributed by atoms with Crippen molar-refractivity contribution in [3.8, 4) is 5.75 Å². The van der Waals surface area contributed by atoms with Crippen molar-refractivity contribution in [3.63, 3.8) is 0 Å². The Morgan fingerprint density at radius 1 is 1.07 bits per heavy atom. The van der Waals surface area contributed by atoms with Crippen molar-refractivity contribution in [2.45, 2.75) is 29.3 Å². The van der Waals surface area contributed by atoms with Crippen LogP contribution < -0.4 is 9.64 Å². The molecular weight excluding hydrogens is 481 g/mol. The number of piperidine rings is 1. The second-order valence-corrected chi connectivity index (χ2v) is 9.37. The molecule has 0 radical (unpaired) electrons. The lowest BCUT2D eigenvalue weighted by Crippen LogP contribution is -2.38. The number of benzene rings is 2. The Bertz CT molecular complexity index is 1020. The van der Waals surface area contributed by atoms with Crippen LogP contribution in [0.2, 0.25) is 0 Å². The maximum absolute atomic E-state index is 12.6. The Morgan fingerprint density at radius 2 is 1.77 bits per heavy atom. The number of halogens is 4. The van der Waals surface area contributed by atoms with Crippen molar-refractivity contribution in [2.75, 3.05) is 18.0 Å². The molecule has 1 saturated heterocycles. The van der Waals surface area contributed by atoms with Gasteiger partial charge in [0.2, 0.25) is 0 Å². The molecule has 4 rings (SSSR count). The summed E-state index contributed by atoms with van der Waals surface area (Å²) in [6.45, 7) is 1.60. The lowest BCUT2D eigenvalue weighted by Gasteiger charge is -2.34. The Balaban J connectivity index is 1.39. The molecule has 0 N–H and O–H groups in total. The Kier molecular flexibility index (Phi) is 6.13. The van der Waals surface area contributed by atoms with E-state index in [1.54, 1.807) is 6.20 Å². The van der Waals surface area contributed by atoms with Crippen LogP contribution in [0.3, 0.4) is 0 Å². The van der Waals surface area contributed by atoms with Gasteiger partial charge < -0.3 is 14.2 Å². The van der Waals surface area contributed by atoms with Crippen molar-refractivity contribution >= 4 is 43.7 Å². The Morgan fingerprint density at radius 3 is 2.43 bits per heavy atom. The molecule has 0 amide bonds. The van der Waals surface area contributed by atoms with Gasteiger partial charge in [-0.1, -0.05) is 15.9 Å². The molecule has 0 unspecified atom stereocenters. The van der Waals surface area contributed by atoms with E-state index in [0.717, 1.165) is 47.0 Å². The van der Waals surface area contributed by atoms with E-state index in [2.05, 4.69) is 31.9 Å². The maximum Gasteiger partial charge on any atom is 0.578 e. The highest BCUT2D eigenvalue weighted by atomic mass is 79.9. The average Bonchev–Trinajstić information content (AvgIpc) is 2.73. The molecule has 2 heterocycles. The fourth-order valence-corrected chi connectivity index (χ4v) is 4.57. The first-order valence-corrected chi connectivity index (χ1v) is 11.3. The normalized spacial score (nSPS) is 16.6. The summed E-state index contributed by atoms with van der Waals surface area (Å²) in [7, 11) is 0. The largest absolute Gasteiger partial charge is 0.604 e. The molecule has 1 aliphatic heterocycles. The summed E-state index contributed by atoms with van der Waals surface area (Å²) in [6, 6.07) is 13.3. The Labute approximate surface area is 183 Å². The summed E-state index contributed by atoms with van der Waals surface area (Å²) in [4.78, 5) is 6.44. The second kappa shape index (κ2) is 8.64. The summed E-state index contributed by atoms with van der Waals surface area (Å²) in [5.41, 5.74) is -2.70. The fraction of sp³-hybridized carbons (Fsp3) is 0.286. The van der Waals surface area contributed by atoms with Crippen LogP contribution in [0.1, 0.15) is 12.8 Å². The predicted octanol–water partition coefficient (Wildman–Crippen LogP) is 5.67. The van der Waals surface area contributed by atoms with Crippen LogP contribution >= 0.6 is 15.9 Å². The molecule has 2 aromatic carbocycles. The minimum atomic E-state index is -4.76. The Hall–Kier alpha value is -1.97. The summed E-state index contributed by atoms with van der Waals surface area (Å²) in [6.07, 6.45) is 3.35. The quantitative estimate of drug-likeness (QED) is 0.434. The zero-order valence-corrected chi connectivity index (χ0v) is 18.1. The summed E-state index contributed by atoms with van der Waals surface area (Å²) >= 11 is 0.488. The minimum absolute atomic E-state index is 0.0277. The lowest BCUT2D eigenvalue weighted by atomic mass is 10.1. The van der Waals surface area contributed by atoms with Crippen molar-refractivity contribution in [2.24, 2.45) is 0 Å². The van der Waals surface area contributed by atoms with Gasteiger partial charge in [0.15, 0.2) is 4.90 Å². The number of pyridine rings is 1. The van der Waals surface area contributed by atoms with Gasteiger partial charge in [0, 0.05) is 47.7 Å². The van der Waals surface area contributed by atoms with E-state index in [1.165, 1.54) is 24.3 Å². The molecule has 9 heteroatoms. The number of hydrogen-bond donors (Lipinski definition) is 0. The van der Waals surface area contributed by atoms with Gasteiger partial charge in [-0.2, -0.15) is 0 Å². The van der Waals surface area contributed by atoms with Crippen LogP contribution in [-0.2, 0) is 11.2 Å². The van der Waals surface area contributed by atoms with E-state index in [0.29, 0.717) is 5.75 Å². The van der Waals surface area contributed by atoms with E-state index in [4.69, 9.17) is 4.74 Å². The molecule has 30 heavy (non-hydrogen) atoms. The topological polar surface area (TPSA) is 48.4 Å². The van der Waals surface area contributed by atoms with Gasteiger partial charge in [0.25, 0.3) is 0 Å². The summed E-state index contributed by atoms with van der Waals surface area (Å²) in [5, 5.41) is 1.08. The van der Waals surface area contributed by atoms with Gasteiger partial charge in [0.1, 0.15) is 11.9 Å². The number of nitrogens with zero attached hydrogens (tertiary/aromatic N) is 2. The number of fused-ring (bicyclic) bond motifs is 1. The molecular formula is C21H18BrF3N2O2S. The monoisotopic (exact) mass is 498 g/mol. The van der Waals surface area contributed by atoms with Crippen LogP contribution in [0.5, 0.6) is 5.75 Å². The van der Waals surface area contributed by atoms with Crippen LogP contribution in [0, 0.1) is 0 Å². The van der Waals surface area contributed by atoms with Gasteiger partial charge >= 0.3 is 5.51 Å². The van der Waals surface area contributed by atoms with E-state index in [-0.39, 0.29) is 11.0 Å². The van der Waals surface area contributed by atoms with Gasteiger partial charge in [0.05, 0.1) is 16.7 Å². The van der Waals surface area contributed by atoms with E-state index >= 15 is 0 Å². The molecule has 3 aromatic rings. The van der Waals surface area contributed by atoms with Crippen molar-refractivity contribution in [1.82, 2.24) is 4.98 Å². The van der Waals surface area contributed by atoms with E-state index in [9.17, 15) is 17.7 Å². The molecule has 1 aliphatic rings. The maximum atomic E-state index is 12.6. The zero-order valence-electron chi connectivity index (χ0n) is 15.7. The molecule has 1 atom stereocenters. The highest BCUT2D eigenvalue weighted by Crippen LogP contribution is 2.33. The molecule has 0 bridgehead atoms. The minimum Gasteiger partial charge on any atom is -0.604 e. The number of hydrogen-bond acceptors (Lipinski definition) is 4. The van der Waals surface area contributed by atoms with Gasteiger partial charge in [-0.25, -0.2) is 0 Å². The third-order valence-electron chi connectivity index (χ3n) is 5.01. The van der Waals surface area contributed by atoms with Gasteiger partial charge in [-0.15, -0.1) is 13.2 Å². The molecule has 1 fully saturated rings. The average molecular weight is 499 g/mol. The first-order chi connectivity index (χ1) is 14.3. The lowest BCUT2D eigenvalue weighted by molar-refractivity contribution is -0.0435. The van der Waals surface area contributed by atoms with E-state index in [1.807, 2.05) is 18.2 Å². The molecule has 158 valence electrons. The first-order valence-electron chi connectivity index (χ1n) is 9.36. The van der Waals surface area contributed by atoms with Crippen molar-refractivity contribution in [1.29, 1.82) is 0 Å². The summed E-state index contributed by atoms with van der Waals surface area (Å²) < 4.78 is 56.0. The van der Waals surface area contributed by atoms with E-state index < -0.39 is 16.7 Å². The number of rotatable bonds is 4. The number of anilines is 1. The number of aromatic nitrogens is 1. The smallest absolute Gasteiger partial charge is 0.578 e. The molecule has 1 aromatic heterocycles. The highest BCUT2D eigenvalue weighted by Gasteiger charge is 2.46. The highest BCUT2D eigenvalue weighted by molar-refractivity contribution is 9.10. The van der Waals surface area contributed by atoms with Crippen LogP contribution in [0.15, 0.2) is 64.1 Å². The van der Waals surface area contributed by atoms with Crippen LogP contribution in [0.4, 0.5) is 18.9 Å². The molecule has 0 aliphatic carbocycles. The number of ether oxygens (including phenoxy) is 1.